The standard InChI is InChI=1S/C17H19F2N3O5S2/c1-27-14(23)9-21-15-11(19)7-10(18)8-13(15)28-17(21)20-16(24)12-5-3-4-6-22(12)29(2,25)26/h7-8,12H,3-6,9H2,1-2H3. The zero-order valence-electron chi connectivity index (χ0n) is 15.7. The first kappa shape index (κ1) is 21.5. The first-order valence-corrected chi connectivity index (χ1v) is 11.4. The van der Waals surface area contributed by atoms with Gasteiger partial charge in [-0.3, -0.25) is 9.59 Å². The topological polar surface area (TPSA) is 98.0 Å². The molecular weight excluding hydrogens is 428 g/mol. The minimum absolute atomic E-state index is 0.0427. The number of rotatable bonds is 4. The van der Waals surface area contributed by atoms with Gasteiger partial charge in [0.25, 0.3) is 5.91 Å². The van der Waals surface area contributed by atoms with Gasteiger partial charge in [-0.15, -0.1) is 0 Å². The van der Waals surface area contributed by atoms with Crippen molar-refractivity contribution in [3.05, 3.63) is 28.6 Å². The van der Waals surface area contributed by atoms with Gasteiger partial charge in [0.05, 0.1) is 23.6 Å². The molecule has 1 saturated heterocycles. The van der Waals surface area contributed by atoms with Crippen molar-refractivity contribution in [1.29, 1.82) is 0 Å². The molecule has 1 aromatic carbocycles. The Kier molecular flexibility index (Phi) is 6.15. The van der Waals surface area contributed by atoms with E-state index in [4.69, 9.17) is 0 Å². The Bertz CT molecular complexity index is 1140. The number of nitrogens with zero attached hydrogens (tertiary/aromatic N) is 3. The Hall–Kier alpha value is -2.18. The maximum Gasteiger partial charge on any atom is 0.325 e. The van der Waals surface area contributed by atoms with Crippen molar-refractivity contribution in [1.82, 2.24) is 8.87 Å². The second-order valence-corrected chi connectivity index (χ2v) is 9.56. The maximum atomic E-state index is 14.4. The van der Waals surface area contributed by atoms with Crippen molar-refractivity contribution >= 4 is 43.5 Å². The van der Waals surface area contributed by atoms with E-state index in [0.717, 1.165) is 39.6 Å². The molecule has 0 saturated carbocycles. The average Bonchev–Trinajstić information content (AvgIpc) is 2.97. The lowest BCUT2D eigenvalue weighted by molar-refractivity contribution is -0.141. The molecule has 1 unspecified atom stereocenters. The minimum atomic E-state index is -3.62. The Morgan fingerprint density at radius 3 is 2.69 bits per heavy atom. The van der Waals surface area contributed by atoms with Crippen molar-refractivity contribution in [2.24, 2.45) is 4.99 Å². The van der Waals surface area contributed by atoms with Gasteiger partial charge in [0.2, 0.25) is 10.0 Å². The maximum absolute atomic E-state index is 14.4. The predicted octanol–water partition coefficient (Wildman–Crippen LogP) is 1.40. The SMILES string of the molecule is COC(=O)Cn1c(=NC(=O)C2CCCCN2S(C)(=O)=O)sc2cc(F)cc(F)c21. The van der Waals surface area contributed by atoms with E-state index in [1.807, 2.05) is 0 Å². The summed E-state index contributed by atoms with van der Waals surface area (Å²) >= 11 is 0.825. The van der Waals surface area contributed by atoms with Crippen LogP contribution in [-0.2, 0) is 30.9 Å². The van der Waals surface area contributed by atoms with Crippen LogP contribution in [0.15, 0.2) is 17.1 Å². The van der Waals surface area contributed by atoms with Crippen molar-refractivity contribution in [2.45, 2.75) is 31.8 Å². The van der Waals surface area contributed by atoms with Crippen LogP contribution in [0.1, 0.15) is 19.3 Å². The summed E-state index contributed by atoms with van der Waals surface area (Å²) in [5, 5.41) is 0. The summed E-state index contributed by atoms with van der Waals surface area (Å²) in [4.78, 5) is 28.5. The molecule has 0 N–H and O–H groups in total. The van der Waals surface area contributed by atoms with Gasteiger partial charge in [0.15, 0.2) is 10.6 Å². The molecule has 1 aromatic heterocycles. The highest BCUT2D eigenvalue weighted by Gasteiger charge is 2.34. The number of carbonyl (C=O) groups is 2. The molecule has 1 aliphatic heterocycles. The fraction of sp³-hybridized carbons (Fsp3) is 0.471. The molecule has 2 heterocycles. The first-order valence-electron chi connectivity index (χ1n) is 8.72. The summed E-state index contributed by atoms with van der Waals surface area (Å²) in [6, 6.07) is 0.766. The number of fused-ring (bicyclic) bond motifs is 1. The molecule has 3 rings (SSSR count). The molecule has 0 radical (unpaired) electrons. The molecule has 158 valence electrons. The van der Waals surface area contributed by atoms with E-state index in [1.165, 1.54) is 0 Å². The van der Waals surface area contributed by atoms with E-state index in [1.54, 1.807) is 0 Å². The van der Waals surface area contributed by atoms with Crippen LogP contribution in [0.5, 0.6) is 0 Å². The van der Waals surface area contributed by atoms with E-state index < -0.39 is 46.1 Å². The number of aromatic nitrogens is 1. The number of piperidine rings is 1. The molecule has 1 atom stereocenters. The smallest absolute Gasteiger partial charge is 0.325 e. The molecule has 0 spiro atoms. The third-order valence-electron chi connectivity index (χ3n) is 4.58. The zero-order valence-corrected chi connectivity index (χ0v) is 17.4. The Morgan fingerprint density at radius 2 is 2.03 bits per heavy atom. The van der Waals surface area contributed by atoms with Gasteiger partial charge >= 0.3 is 5.97 Å². The molecule has 12 heteroatoms. The van der Waals surface area contributed by atoms with Gasteiger partial charge < -0.3 is 9.30 Å². The van der Waals surface area contributed by atoms with Crippen molar-refractivity contribution < 1.29 is 31.5 Å². The van der Waals surface area contributed by atoms with E-state index >= 15 is 0 Å². The van der Waals surface area contributed by atoms with Gasteiger partial charge in [-0.05, 0) is 18.9 Å². The fourth-order valence-corrected chi connectivity index (χ4v) is 5.47. The van der Waals surface area contributed by atoms with Gasteiger partial charge in [-0.1, -0.05) is 17.8 Å². The third-order valence-corrected chi connectivity index (χ3v) is 6.90. The van der Waals surface area contributed by atoms with Crippen molar-refractivity contribution in [3.63, 3.8) is 0 Å². The number of hydrogen-bond acceptors (Lipinski definition) is 6. The van der Waals surface area contributed by atoms with E-state index in [9.17, 15) is 26.8 Å². The second-order valence-electron chi connectivity index (χ2n) is 6.62. The lowest BCUT2D eigenvalue weighted by Gasteiger charge is -2.31. The fourth-order valence-electron chi connectivity index (χ4n) is 3.27. The number of esters is 1. The molecule has 1 fully saturated rings. The molecule has 0 aliphatic carbocycles. The molecule has 29 heavy (non-hydrogen) atoms. The number of sulfonamides is 1. The average molecular weight is 447 g/mol. The first-order chi connectivity index (χ1) is 13.6. The molecule has 1 aliphatic rings. The van der Waals surface area contributed by atoms with Crippen LogP contribution < -0.4 is 4.80 Å². The zero-order chi connectivity index (χ0) is 21.3. The van der Waals surface area contributed by atoms with Crippen molar-refractivity contribution in [3.8, 4) is 0 Å². The van der Waals surface area contributed by atoms with Gasteiger partial charge in [-0.2, -0.15) is 9.30 Å². The third kappa shape index (κ3) is 4.54. The van der Waals surface area contributed by atoms with E-state index in [0.29, 0.717) is 25.3 Å². The number of thiazole rings is 1. The van der Waals surface area contributed by atoms with Gasteiger partial charge in [0.1, 0.15) is 18.4 Å². The molecule has 0 bridgehead atoms. The number of methoxy groups -OCH3 is 1. The van der Waals surface area contributed by atoms with E-state index in [-0.39, 0.29) is 21.6 Å². The largest absolute Gasteiger partial charge is 0.468 e. The normalized spacial score (nSPS) is 18.9. The molecule has 1 amide bonds. The quantitative estimate of drug-likeness (QED) is 0.660. The van der Waals surface area contributed by atoms with Crippen LogP contribution in [0.3, 0.4) is 0 Å². The van der Waals surface area contributed by atoms with E-state index in [2.05, 4.69) is 9.73 Å². The number of benzene rings is 1. The molecular formula is C17H19F2N3O5S2. The predicted molar refractivity (Wildman–Crippen MR) is 102 cm³/mol. The molecule has 2 aromatic rings. The monoisotopic (exact) mass is 447 g/mol. The van der Waals surface area contributed by atoms with Crippen LogP contribution in [0.25, 0.3) is 10.2 Å². The number of amides is 1. The highest BCUT2D eigenvalue weighted by molar-refractivity contribution is 7.88. The summed E-state index contributed by atoms with van der Waals surface area (Å²) in [6.07, 6.45) is 2.62. The highest BCUT2D eigenvalue weighted by atomic mass is 32.2. The highest BCUT2D eigenvalue weighted by Crippen LogP contribution is 2.24. The van der Waals surface area contributed by atoms with Crippen LogP contribution in [-0.4, -0.2) is 55.1 Å². The summed E-state index contributed by atoms with van der Waals surface area (Å²) < 4.78 is 59.0. The summed E-state index contributed by atoms with van der Waals surface area (Å²) in [5.74, 6) is -3.15. The number of halogens is 2. The van der Waals surface area contributed by atoms with Crippen LogP contribution >= 0.6 is 11.3 Å². The Morgan fingerprint density at radius 1 is 1.31 bits per heavy atom. The second kappa shape index (κ2) is 8.28. The lowest BCUT2D eigenvalue weighted by Crippen LogP contribution is -2.47. The van der Waals surface area contributed by atoms with Gasteiger partial charge in [0, 0.05) is 12.6 Å². The Labute approximate surface area is 169 Å². The Balaban J connectivity index is 2.13. The van der Waals surface area contributed by atoms with Gasteiger partial charge in [-0.25, -0.2) is 17.2 Å². The lowest BCUT2D eigenvalue weighted by atomic mass is 10.0. The van der Waals surface area contributed by atoms with Crippen molar-refractivity contribution in [2.75, 3.05) is 19.9 Å². The molecule has 8 nitrogen and oxygen atoms in total. The number of ether oxygens (including phenoxy) is 1. The van der Waals surface area contributed by atoms with Crippen LogP contribution in [0.4, 0.5) is 8.78 Å². The summed E-state index contributed by atoms with van der Waals surface area (Å²) in [7, 11) is -2.46. The summed E-state index contributed by atoms with van der Waals surface area (Å²) in [6.45, 7) is -0.231. The summed E-state index contributed by atoms with van der Waals surface area (Å²) in [5.41, 5.74) is -0.0861. The number of hydrogen-bond donors (Lipinski definition) is 0. The van der Waals surface area contributed by atoms with Crippen LogP contribution in [0.2, 0.25) is 0 Å². The minimum Gasteiger partial charge on any atom is -0.468 e. The number of carbonyl (C=O) groups excluding carboxylic acids is 2. The van der Waals surface area contributed by atoms with Crippen LogP contribution in [0, 0.1) is 11.6 Å².